The Morgan fingerprint density at radius 1 is 1.26 bits per heavy atom. The van der Waals surface area contributed by atoms with Crippen molar-refractivity contribution >= 4 is 5.91 Å². The molecule has 0 aliphatic rings. The first-order valence-corrected chi connectivity index (χ1v) is 6.36. The van der Waals surface area contributed by atoms with Crippen LogP contribution in [0.4, 0.5) is 0 Å². The molecule has 1 aromatic carbocycles. The average molecular weight is 258 g/mol. The third-order valence-electron chi connectivity index (χ3n) is 3.02. The van der Waals surface area contributed by atoms with Gasteiger partial charge >= 0.3 is 0 Å². The van der Waals surface area contributed by atoms with E-state index in [1.54, 1.807) is 12.3 Å². The summed E-state index contributed by atoms with van der Waals surface area (Å²) in [6.45, 7) is 1.88. The van der Waals surface area contributed by atoms with Crippen molar-refractivity contribution in [1.82, 2.24) is 5.32 Å². The molecule has 1 heterocycles. The third-order valence-corrected chi connectivity index (χ3v) is 3.02. The van der Waals surface area contributed by atoms with Crippen LogP contribution < -0.4 is 11.1 Å². The lowest BCUT2D eigenvalue weighted by Crippen LogP contribution is -2.42. The number of carbonyl (C=O) groups is 1. The Morgan fingerprint density at radius 3 is 2.58 bits per heavy atom. The highest BCUT2D eigenvalue weighted by Crippen LogP contribution is 2.22. The second-order valence-corrected chi connectivity index (χ2v) is 4.38. The fraction of sp³-hybridized carbons (Fsp3) is 0.267. The molecule has 1 aromatic heterocycles. The number of hydrogen-bond donors (Lipinski definition) is 2. The van der Waals surface area contributed by atoms with Gasteiger partial charge in [-0.05, 0) is 24.1 Å². The van der Waals surface area contributed by atoms with Crippen molar-refractivity contribution in [2.24, 2.45) is 5.73 Å². The summed E-state index contributed by atoms with van der Waals surface area (Å²) in [5.74, 6) is 0.524. The van der Waals surface area contributed by atoms with Crippen LogP contribution in [0, 0.1) is 0 Å². The highest BCUT2D eigenvalue weighted by molar-refractivity contribution is 5.82. The number of nitrogens with two attached hydrogens (primary N) is 1. The number of benzene rings is 1. The van der Waals surface area contributed by atoms with Crippen LogP contribution in [0.5, 0.6) is 0 Å². The van der Waals surface area contributed by atoms with Gasteiger partial charge in [0.1, 0.15) is 11.8 Å². The Kier molecular flexibility index (Phi) is 4.36. The van der Waals surface area contributed by atoms with E-state index in [-0.39, 0.29) is 11.9 Å². The Balaban J connectivity index is 2.24. The van der Waals surface area contributed by atoms with Crippen molar-refractivity contribution in [3.63, 3.8) is 0 Å². The molecule has 4 nitrogen and oxygen atoms in total. The highest BCUT2D eigenvalue weighted by atomic mass is 16.3. The summed E-state index contributed by atoms with van der Waals surface area (Å²) in [4.78, 5) is 12.0. The topological polar surface area (TPSA) is 68.3 Å². The van der Waals surface area contributed by atoms with Crippen molar-refractivity contribution in [3.8, 4) is 0 Å². The average Bonchev–Trinajstić information content (AvgIpc) is 2.98. The summed E-state index contributed by atoms with van der Waals surface area (Å²) in [5.41, 5.74) is 6.72. The van der Waals surface area contributed by atoms with Crippen LogP contribution in [-0.2, 0) is 4.79 Å². The first-order chi connectivity index (χ1) is 9.22. The molecule has 0 saturated carbocycles. The van der Waals surface area contributed by atoms with Gasteiger partial charge < -0.3 is 15.5 Å². The highest BCUT2D eigenvalue weighted by Gasteiger charge is 2.21. The van der Waals surface area contributed by atoms with E-state index in [0.717, 1.165) is 5.56 Å². The van der Waals surface area contributed by atoms with Crippen LogP contribution in [0.15, 0.2) is 53.1 Å². The summed E-state index contributed by atoms with van der Waals surface area (Å²) in [6, 6.07) is 12.5. The van der Waals surface area contributed by atoms with E-state index in [1.165, 1.54) is 0 Å². The van der Waals surface area contributed by atoms with Crippen molar-refractivity contribution in [2.75, 3.05) is 0 Å². The van der Waals surface area contributed by atoms with Gasteiger partial charge in [0.05, 0.1) is 12.3 Å². The molecular weight excluding hydrogens is 240 g/mol. The van der Waals surface area contributed by atoms with Crippen molar-refractivity contribution in [1.29, 1.82) is 0 Å². The quantitative estimate of drug-likeness (QED) is 0.864. The van der Waals surface area contributed by atoms with Gasteiger partial charge in [0.25, 0.3) is 0 Å². The molecule has 100 valence electrons. The van der Waals surface area contributed by atoms with Crippen LogP contribution >= 0.6 is 0 Å². The first kappa shape index (κ1) is 13.4. The summed E-state index contributed by atoms with van der Waals surface area (Å²) in [5, 5.41) is 2.93. The second kappa shape index (κ2) is 6.20. The van der Waals surface area contributed by atoms with Gasteiger partial charge in [-0.25, -0.2) is 0 Å². The van der Waals surface area contributed by atoms with E-state index in [1.807, 2.05) is 43.3 Å². The van der Waals surface area contributed by atoms with Gasteiger partial charge in [-0.3, -0.25) is 4.79 Å². The minimum absolute atomic E-state index is 0.173. The molecular formula is C15H18N2O2. The Morgan fingerprint density at radius 2 is 2.00 bits per heavy atom. The van der Waals surface area contributed by atoms with E-state index in [9.17, 15) is 4.79 Å². The molecule has 0 bridgehead atoms. The van der Waals surface area contributed by atoms with Crippen LogP contribution in [0.25, 0.3) is 0 Å². The molecule has 2 aromatic rings. The Labute approximate surface area is 112 Å². The van der Waals surface area contributed by atoms with Gasteiger partial charge in [0, 0.05) is 0 Å². The van der Waals surface area contributed by atoms with Gasteiger partial charge in [-0.2, -0.15) is 0 Å². The van der Waals surface area contributed by atoms with E-state index in [0.29, 0.717) is 12.2 Å². The largest absolute Gasteiger partial charge is 0.467 e. The van der Waals surface area contributed by atoms with E-state index in [2.05, 4.69) is 5.32 Å². The molecule has 0 spiro atoms. The zero-order chi connectivity index (χ0) is 13.7. The minimum atomic E-state index is -0.499. The maximum atomic E-state index is 12.0. The van der Waals surface area contributed by atoms with Crippen molar-refractivity contribution < 1.29 is 9.21 Å². The monoisotopic (exact) mass is 258 g/mol. The van der Waals surface area contributed by atoms with Crippen molar-refractivity contribution in [3.05, 3.63) is 60.1 Å². The van der Waals surface area contributed by atoms with Crippen LogP contribution in [0.1, 0.15) is 30.7 Å². The number of carbonyl (C=O) groups excluding carboxylic acids is 1. The number of rotatable bonds is 5. The smallest absolute Gasteiger partial charge is 0.237 e. The summed E-state index contributed by atoms with van der Waals surface area (Å²) in [6.07, 6.45) is 2.20. The second-order valence-electron chi connectivity index (χ2n) is 4.38. The van der Waals surface area contributed by atoms with Crippen LogP contribution in [0.2, 0.25) is 0 Å². The van der Waals surface area contributed by atoms with Gasteiger partial charge in [0.15, 0.2) is 0 Å². The fourth-order valence-electron chi connectivity index (χ4n) is 1.85. The van der Waals surface area contributed by atoms with Gasteiger partial charge in [-0.15, -0.1) is 0 Å². The molecule has 0 radical (unpaired) electrons. The third kappa shape index (κ3) is 3.23. The lowest BCUT2D eigenvalue weighted by Gasteiger charge is -2.19. The molecule has 2 rings (SSSR count). The lowest BCUT2D eigenvalue weighted by atomic mass is 10.0. The van der Waals surface area contributed by atoms with Crippen molar-refractivity contribution in [2.45, 2.75) is 25.4 Å². The van der Waals surface area contributed by atoms with Crippen LogP contribution in [-0.4, -0.2) is 11.9 Å². The van der Waals surface area contributed by atoms with E-state index < -0.39 is 6.04 Å². The Bertz CT molecular complexity index is 508. The summed E-state index contributed by atoms with van der Waals surface area (Å²) < 4.78 is 5.41. The molecule has 1 amide bonds. The predicted octanol–water partition coefficient (Wildman–Crippen LogP) is 2.22. The molecule has 3 N–H and O–H groups in total. The molecule has 2 atom stereocenters. The maximum Gasteiger partial charge on any atom is 0.237 e. The van der Waals surface area contributed by atoms with Gasteiger partial charge in [0.2, 0.25) is 5.91 Å². The van der Waals surface area contributed by atoms with Crippen LogP contribution in [0.3, 0.4) is 0 Å². The lowest BCUT2D eigenvalue weighted by molar-refractivity contribution is -0.123. The zero-order valence-electron chi connectivity index (χ0n) is 10.9. The molecule has 0 fully saturated rings. The fourth-order valence-corrected chi connectivity index (χ4v) is 1.85. The molecule has 4 heteroatoms. The van der Waals surface area contributed by atoms with E-state index >= 15 is 0 Å². The summed E-state index contributed by atoms with van der Waals surface area (Å²) in [7, 11) is 0. The number of furan rings is 1. The summed E-state index contributed by atoms with van der Waals surface area (Å²) >= 11 is 0. The number of hydrogen-bond acceptors (Lipinski definition) is 3. The zero-order valence-corrected chi connectivity index (χ0v) is 10.9. The minimum Gasteiger partial charge on any atom is -0.467 e. The molecule has 1 unspecified atom stereocenters. The standard InChI is InChI=1S/C15H18N2O2/c1-2-12(16)15(18)17-14(13-9-6-10-19-13)11-7-4-3-5-8-11/h3-10,12,14H,2,16H2,1H3,(H,17,18)/t12-,14?/m0/s1. The Hall–Kier alpha value is -2.07. The molecule has 0 saturated heterocycles. The molecule has 19 heavy (non-hydrogen) atoms. The normalized spacial score (nSPS) is 13.8. The maximum absolute atomic E-state index is 12.0. The SMILES string of the molecule is CC[C@H](N)C(=O)NC(c1ccccc1)c1ccco1. The number of amides is 1. The van der Waals surface area contributed by atoms with Gasteiger partial charge in [-0.1, -0.05) is 37.3 Å². The predicted molar refractivity (Wildman–Crippen MR) is 73.4 cm³/mol. The first-order valence-electron chi connectivity index (χ1n) is 6.36. The molecule has 0 aliphatic carbocycles. The molecule has 0 aliphatic heterocycles. The number of nitrogens with one attached hydrogen (secondary N) is 1. The van der Waals surface area contributed by atoms with E-state index in [4.69, 9.17) is 10.2 Å².